The lowest BCUT2D eigenvalue weighted by atomic mass is 10.0. The van der Waals surface area contributed by atoms with Crippen LogP contribution in [0.3, 0.4) is 0 Å². The number of benzene rings is 3. The van der Waals surface area contributed by atoms with Gasteiger partial charge in [0.25, 0.3) is 0 Å². The molecule has 7 nitrogen and oxygen atoms in total. The Morgan fingerprint density at radius 2 is 1.54 bits per heavy atom. The lowest BCUT2D eigenvalue weighted by molar-refractivity contribution is -0.141. The molecule has 0 saturated heterocycles. The first kappa shape index (κ1) is 30.1. The zero-order valence-electron chi connectivity index (χ0n) is 23.3. The summed E-state index contributed by atoms with van der Waals surface area (Å²) in [5.41, 5.74) is 3.75. The van der Waals surface area contributed by atoms with E-state index in [0.29, 0.717) is 13.0 Å². The van der Waals surface area contributed by atoms with Gasteiger partial charge in [-0.3, -0.25) is 9.59 Å². The number of carbonyl (C=O) groups is 2. The van der Waals surface area contributed by atoms with Gasteiger partial charge in [-0.25, -0.2) is 8.42 Å². The van der Waals surface area contributed by atoms with Gasteiger partial charge < -0.3 is 10.2 Å². The van der Waals surface area contributed by atoms with Gasteiger partial charge in [-0.1, -0.05) is 91.2 Å². The van der Waals surface area contributed by atoms with Crippen LogP contribution in [0.1, 0.15) is 42.0 Å². The number of aryl methyl sites for hydroxylation is 2. The lowest BCUT2D eigenvalue weighted by Crippen LogP contribution is -2.53. The number of carbonyl (C=O) groups excluding carboxylic acids is 2. The number of nitrogens with one attached hydrogen (secondary N) is 1. The minimum absolute atomic E-state index is 0.117. The first-order valence-electron chi connectivity index (χ1n) is 13.3. The maximum atomic E-state index is 13.9. The molecular formula is C31H39N3O4S. The van der Waals surface area contributed by atoms with Gasteiger partial charge in [0, 0.05) is 26.6 Å². The molecule has 0 bridgehead atoms. The largest absolute Gasteiger partial charge is 0.354 e. The molecule has 1 atom stereocenters. The predicted molar refractivity (Wildman–Crippen MR) is 155 cm³/mol. The Kier molecular flexibility index (Phi) is 10.8. The minimum Gasteiger partial charge on any atom is -0.354 e. The maximum absolute atomic E-state index is 13.9. The van der Waals surface area contributed by atoms with Gasteiger partial charge in [-0.05, 0) is 43.5 Å². The van der Waals surface area contributed by atoms with Crippen molar-refractivity contribution >= 4 is 21.8 Å². The number of rotatable bonds is 13. The zero-order chi connectivity index (χ0) is 28.4. The van der Waals surface area contributed by atoms with E-state index in [0.717, 1.165) is 39.4 Å². The smallest absolute Gasteiger partial charge is 0.243 e. The summed E-state index contributed by atoms with van der Waals surface area (Å²) in [5.74, 6) is -0.696. The van der Waals surface area contributed by atoms with Crippen molar-refractivity contribution in [1.82, 2.24) is 14.5 Å². The maximum Gasteiger partial charge on any atom is 0.243 e. The molecule has 1 N–H and O–H groups in total. The molecule has 2 amide bonds. The van der Waals surface area contributed by atoms with Crippen molar-refractivity contribution < 1.29 is 18.0 Å². The second-order valence-corrected chi connectivity index (χ2v) is 12.0. The number of nitrogens with zero attached hydrogens (tertiary/aromatic N) is 2. The molecule has 8 heteroatoms. The molecule has 0 radical (unpaired) electrons. The normalized spacial score (nSPS) is 12.2. The summed E-state index contributed by atoms with van der Waals surface area (Å²) in [6, 6.07) is 23.0. The second-order valence-electron chi connectivity index (χ2n) is 9.93. The number of hydrogen-bond donors (Lipinski definition) is 1. The van der Waals surface area contributed by atoms with Crippen molar-refractivity contribution in [2.24, 2.45) is 0 Å². The van der Waals surface area contributed by atoms with Crippen LogP contribution in [0, 0.1) is 13.8 Å². The van der Waals surface area contributed by atoms with E-state index in [1.54, 1.807) is 12.1 Å². The number of hydrogen-bond acceptors (Lipinski definition) is 4. The van der Waals surface area contributed by atoms with Crippen molar-refractivity contribution in [3.8, 4) is 0 Å². The zero-order valence-corrected chi connectivity index (χ0v) is 24.1. The van der Waals surface area contributed by atoms with Gasteiger partial charge in [-0.2, -0.15) is 4.31 Å². The predicted octanol–water partition coefficient (Wildman–Crippen LogP) is 4.48. The van der Waals surface area contributed by atoms with Crippen molar-refractivity contribution in [1.29, 1.82) is 0 Å². The van der Waals surface area contributed by atoms with Gasteiger partial charge in [0.05, 0.1) is 11.4 Å². The summed E-state index contributed by atoms with van der Waals surface area (Å²) in [6.07, 6.45) is 2.06. The average molecular weight is 550 g/mol. The third-order valence-electron chi connectivity index (χ3n) is 6.62. The second kappa shape index (κ2) is 14.1. The number of unbranched alkanes of at least 4 members (excludes halogenated alkanes) is 1. The Labute approximate surface area is 232 Å². The van der Waals surface area contributed by atoms with E-state index in [9.17, 15) is 18.0 Å². The van der Waals surface area contributed by atoms with Crippen LogP contribution < -0.4 is 5.32 Å². The van der Waals surface area contributed by atoms with E-state index in [1.165, 1.54) is 24.1 Å². The fourth-order valence-electron chi connectivity index (χ4n) is 4.32. The Bertz CT molecular complexity index is 1340. The van der Waals surface area contributed by atoms with Gasteiger partial charge in [-0.15, -0.1) is 0 Å². The molecule has 0 saturated carbocycles. The van der Waals surface area contributed by atoms with Gasteiger partial charge >= 0.3 is 0 Å². The molecule has 0 unspecified atom stereocenters. The third kappa shape index (κ3) is 8.50. The highest BCUT2D eigenvalue weighted by Gasteiger charge is 2.33. The van der Waals surface area contributed by atoms with Crippen molar-refractivity contribution in [3.05, 3.63) is 101 Å². The molecule has 0 aliphatic carbocycles. The van der Waals surface area contributed by atoms with E-state index < -0.39 is 28.5 Å². The van der Waals surface area contributed by atoms with E-state index in [2.05, 4.69) is 5.32 Å². The van der Waals surface area contributed by atoms with Crippen LogP contribution in [-0.2, 0) is 32.6 Å². The SMILES string of the molecule is CCCCNC(=O)[C@@H](Cc1ccccc1)N(Cc1cccc(C)c1)C(=O)CN(C)S(=O)(=O)c1ccc(C)cc1. The third-order valence-corrected chi connectivity index (χ3v) is 8.44. The highest BCUT2D eigenvalue weighted by Crippen LogP contribution is 2.19. The van der Waals surface area contributed by atoms with Crippen LogP contribution in [0.15, 0.2) is 83.8 Å². The summed E-state index contributed by atoms with van der Waals surface area (Å²) < 4.78 is 27.6. The molecular weight excluding hydrogens is 510 g/mol. The molecule has 0 spiro atoms. The fraction of sp³-hybridized carbons (Fsp3) is 0.355. The molecule has 0 aliphatic heterocycles. The van der Waals surface area contributed by atoms with E-state index in [1.807, 2.05) is 75.4 Å². The van der Waals surface area contributed by atoms with Crippen LogP contribution in [0.25, 0.3) is 0 Å². The van der Waals surface area contributed by atoms with E-state index in [-0.39, 0.29) is 17.3 Å². The average Bonchev–Trinajstić information content (AvgIpc) is 2.91. The van der Waals surface area contributed by atoms with E-state index in [4.69, 9.17) is 0 Å². The van der Waals surface area contributed by atoms with Gasteiger partial charge in [0.2, 0.25) is 21.8 Å². The Hall–Kier alpha value is -3.49. The standard InChI is InChI=1S/C31H39N3O4S/c1-5-6-19-32-31(36)29(21-26-12-8-7-9-13-26)34(22-27-14-10-11-25(3)20-27)30(35)23-33(4)39(37,38)28-17-15-24(2)16-18-28/h7-18,20,29H,5-6,19,21-23H2,1-4H3,(H,32,36)/t29-/m1/s1. The minimum atomic E-state index is -3.90. The molecule has 3 rings (SSSR count). The Balaban J connectivity index is 1.95. The van der Waals surface area contributed by atoms with E-state index >= 15 is 0 Å². The van der Waals surface area contributed by atoms with Crippen LogP contribution >= 0.6 is 0 Å². The van der Waals surface area contributed by atoms with Crippen LogP contribution in [0.4, 0.5) is 0 Å². The fourth-order valence-corrected chi connectivity index (χ4v) is 5.44. The highest BCUT2D eigenvalue weighted by molar-refractivity contribution is 7.89. The number of sulfonamides is 1. The first-order chi connectivity index (χ1) is 18.6. The summed E-state index contributed by atoms with van der Waals surface area (Å²) >= 11 is 0. The highest BCUT2D eigenvalue weighted by atomic mass is 32.2. The lowest BCUT2D eigenvalue weighted by Gasteiger charge is -2.32. The molecule has 0 aliphatic rings. The van der Waals surface area contributed by atoms with Crippen LogP contribution in [0.5, 0.6) is 0 Å². The van der Waals surface area contributed by atoms with Crippen molar-refractivity contribution in [2.75, 3.05) is 20.1 Å². The van der Waals surface area contributed by atoms with Crippen molar-refractivity contribution in [2.45, 2.75) is 57.5 Å². The molecule has 0 fully saturated rings. The summed E-state index contributed by atoms with van der Waals surface area (Å²) in [5, 5.41) is 2.99. The Morgan fingerprint density at radius 3 is 2.18 bits per heavy atom. The van der Waals surface area contributed by atoms with Gasteiger partial charge in [0.15, 0.2) is 0 Å². The van der Waals surface area contributed by atoms with Crippen LogP contribution in [-0.4, -0.2) is 55.6 Å². The number of likely N-dealkylation sites (N-methyl/N-ethyl adjacent to an activating group) is 1. The molecule has 39 heavy (non-hydrogen) atoms. The first-order valence-corrected chi connectivity index (χ1v) is 14.8. The molecule has 0 heterocycles. The molecule has 3 aromatic rings. The monoisotopic (exact) mass is 549 g/mol. The summed E-state index contributed by atoms with van der Waals surface area (Å²) in [6.45, 7) is 6.19. The summed E-state index contributed by atoms with van der Waals surface area (Å²) in [4.78, 5) is 29.0. The number of amides is 2. The van der Waals surface area contributed by atoms with Crippen LogP contribution in [0.2, 0.25) is 0 Å². The van der Waals surface area contributed by atoms with Crippen molar-refractivity contribution in [3.63, 3.8) is 0 Å². The molecule has 3 aromatic carbocycles. The summed E-state index contributed by atoms with van der Waals surface area (Å²) in [7, 11) is -2.51. The Morgan fingerprint density at radius 1 is 0.872 bits per heavy atom. The molecule has 0 aromatic heterocycles. The molecule has 208 valence electrons. The van der Waals surface area contributed by atoms with Gasteiger partial charge in [0.1, 0.15) is 6.04 Å². The topological polar surface area (TPSA) is 86.8 Å². The quantitative estimate of drug-likeness (QED) is 0.319.